The number of nitrogens with one attached hydrogen (secondary N) is 2. The van der Waals surface area contributed by atoms with Crippen molar-refractivity contribution >= 4 is 44.1 Å². The van der Waals surface area contributed by atoms with Crippen LogP contribution in [0.1, 0.15) is 56.0 Å². The summed E-state index contributed by atoms with van der Waals surface area (Å²) in [6.07, 6.45) is -3.73. The van der Waals surface area contributed by atoms with E-state index in [9.17, 15) is 28.8 Å². The predicted octanol–water partition coefficient (Wildman–Crippen LogP) is 7.79. The zero-order valence-corrected chi connectivity index (χ0v) is 42.7. The van der Waals surface area contributed by atoms with Gasteiger partial charge >= 0.3 is 24.2 Å². The van der Waals surface area contributed by atoms with E-state index in [4.69, 9.17) is 37.9 Å². The Morgan fingerprint density at radius 2 is 1.49 bits per heavy atom. The van der Waals surface area contributed by atoms with Gasteiger partial charge in [0.15, 0.2) is 24.4 Å². The molecule has 380 valence electrons. The molecule has 0 saturated carbocycles. The number of likely N-dealkylation sites (N-methyl/N-ethyl adjacent to an activating group) is 1. The van der Waals surface area contributed by atoms with Crippen LogP contribution in [-0.2, 0) is 57.7 Å². The minimum absolute atomic E-state index is 0.0200. The molecule has 6 rings (SSSR count). The van der Waals surface area contributed by atoms with Crippen LogP contribution in [0.5, 0.6) is 17.2 Å². The molecule has 18 nitrogen and oxygen atoms in total. The maximum Gasteiger partial charge on any atom is 0.419 e. The monoisotopic (exact) mass is 996 g/mol. The fourth-order valence-corrected chi connectivity index (χ4v) is 8.27. The predicted molar refractivity (Wildman–Crippen MR) is 263 cm³/mol. The molecule has 19 heteroatoms. The lowest BCUT2D eigenvalue weighted by atomic mass is 9.93. The summed E-state index contributed by atoms with van der Waals surface area (Å²) in [4.78, 5) is 84.0. The summed E-state index contributed by atoms with van der Waals surface area (Å²) < 4.78 is 47.6. The third-order valence-electron chi connectivity index (χ3n) is 11.3. The van der Waals surface area contributed by atoms with Crippen LogP contribution in [0.4, 0.5) is 14.4 Å². The minimum Gasteiger partial charge on any atom is -0.488 e. The van der Waals surface area contributed by atoms with Gasteiger partial charge in [0.25, 0.3) is 0 Å². The molecule has 0 unspecified atom stereocenters. The highest BCUT2D eigenvalue weighted by molar-refractivity contribution is 6.76. The number of amides is 5. The lowest BCUT2D eigenvalue weighted by molar-refractivity contribution is -0.145. The van der Waals surface area contributed by atoms with Crippen molar-refractivity contribution in [1.82, 2.24) is 20.4 Å². The maximum absolute atomic E-state index is 14.8. The van der Waals surface area contributed by atoms with Crippen LogP contribution in [0.2, 0.25) is 25.7 Å². The van der Waals surface area contributed by atoms with Gasteiger partial charge < -0.3 is 48.5 Å². The van der Waals surface area contributed by atoms with Gasteiger partial charge in [0.2, 0.25) is 11.8 Å². The molecule has 4 aromatic rings. The van der Waals surface area contributed by atoms with Crippen LogP contribution < -0.4 is 24.8 Å². The molecule has 1 saturated heterocycles. The summed E-state index contributed by atoms with van der Waals surface area (Å²) in [7, 11) is 1.06. The first-order chi connectivity index (χ1) is 33.7. The number of benzene rings is 4. The number of ether oxygens (including phenoxy) is 8. The second-order valence-corrected chi connectivity index (χ2v) is 25.1. The zero-order valence-electron chi connectivity index (χ0n) is 41.7. The first-order valence-electron chi connectivity index (χ1n) is 23.3. The van der Waals surface area contributed by atoms with Crippen molar-refractivity contribution in [3.05, 3.63) is 113 Å². The molecule has 0 aliphatic carbocycles. The fraction of sp³-hybridized carbons (Fsp3) is 0.423. The molecule has 1 fully saturated rings. The van der Waals surface area contributed by atoms with Crippen molar-refractivity contribution in [1.29, 1.82) is 0 Å². The van der Waals surface area contributed by atoms with Crippen molar-refractivity contribution in [3.8, 4) is 28.4 Å². The Balaban J connectivity index is 1.54. The Morgan fingerprint density at radius 1 is 0.817 bits per heavy atom. The second-order valence-electron chi connectivity index (χ2n) is 19.5. The number of rotatable bonds is 16. The SMILES string of the molecule is COC(=O)[C@@H]1Cc2ccc(OCc3ccccc3)c(c2)-c2cc(cc(OC[C@@H]3CN(C(=O)OC(C)(C)C)C(=O)O3)c2OCOCC[Si](C)(C)C)[C@H](N(C)C(=O)OCc2ccccc2)C(=O)N[C@@H](C)C(=O)N1. The number of nitrogens with zero attached hydrogens (tertiary/aromatic N) is 2. The summed E-state index contributed by atoms with van der Waals surface area (Å²) >= 11 is 0. The lowest BCUT2D eigenvalue weighted by Crippen LogP contribution is -2.53. The van der Waals surface area contributed by atoms with Gasteiger partial charge in [-0.25, -0.2) is 24.1 Å². The molecule has 71 heavy (non-hydrogen) atoms. The molecule has 4 atom stereocenters. The Labute approximate surface area is 415 Å². The number of carbonyl (C=O) groups is 6. The van der Waals surface area contributed by atoms with Crippen LogP contribution in [0.25, 0.3) is 11.1 Å². The van der Waals surface area contributed by atoms with Gasteiger partial charge in [-0.2, -0.15) is 0 Å². The van der Waals surface area contributed by atoms with Gasteiger partial charge in [0.1, 0.15) is 49.3 Å². The number of methoxy groups -OCH3 is 1. The first-order valence-corrected chi connectivity index (χ1v) is 27.0. The van der Waals surface area contributed by atoms with Gasteiger partial charge in [0, 0.05) is 39.3 Å². The second kappa shape index (κ2) is 23.7. The van der Waals surface area contributed by atoms with Gasteiger partial charge in [-0.3, -0.25) is 14.5 Å². The van der Waals surface area contributed by atoms with Crippen LogP contribution >= 0.6 is 0 Å². The molecule has 0 aromatic heterocycles. The summed E-state index contributed by atoms with van der Waals surface area (Å²) in [5.41, 5.74) is 2.12. The van der Waals surface area contributed by atoms with Crippen molar-refractivity contribution < 1.29 is 66.7 Å². The van der Waals surface area contributed by atoms with E-state index in [1.165, 1.54) is 27.1 Å². The van der Waals surface area contributed by atoms with Crippen molar-refractivity contribution in [2.75, 3.05) is 40.7 Å². The van der Waals surface area contributed by atoms with Crippen LogP contribution in [0.15, 0.2) is 91.0 Å². The van der Waals surface area contributed by atoms with Crippen LogP contribution in [-0.4, -0.2) is 118 Å². The summed E-state index contributed by atoms with van der Waals surface area (Å²) in [5, 5.41) is 5.44. The number of hydrogen-bond acceptors (Lipinski definition) is 14. The van der Waals surface area contributed by atoms with E-state index in [0.29, 0.717) is 34.6 Å². The molecule has 2 aliphatic heterocycles. The standard InChI is InChI=1S/C52H64N4O14Si/c1-33-46(57)54-41(48(59)63-6)25-36-20-21-42(65-29-34-16-12-10-13-17-34)39(24-36)40-26-37(44(47(58)53-33)55(5)49(60)67-30-35-18-14-11-15-19-35)27-43(45(40)68-32-64-22-23-71(7,8)9)66-31-38-28-56(50(61)69-38)51(62)70-52(2,3)4/h10-21,24,26-27,33,38,41,44H,22-23,25,28-32H2,1-9H3,(H,53,58)(H,54,57)/t33-,38-,41-,44-/m0/s1. The molecular weight excluding hydrogens is 933 g/mol. The van der Waals surface area contributed by atoms with Crippen LogP contribution in [0.3, 0.4) is 0 Å². The largest absolute Gasteiger partial charge is 0.488 e. The number of fused-ring (bicyclic) bond motifs is 5. The highest BCUT2D eigenvalue weighted by atomic mass is 28.3. The normalized spacial score (nSPS) is 18.2. The Kier molecular flexibility index (Phi) is 17.7. The zero-order chi connectivity index (χ0) is 51.5. The van der Waals surface area contributed by atoms with Crippen LogP contribution in [0, 0.1) is 0 Å². The summed E-state index contributed by atoms with van der Waals surface area (Å²) in [5.74, 6) is -1.75. The highest BCUT2D eigenvalue weighted by Crippen LogP contribution is 2.46. The molecule has 2 aliphatic rings. The Morgan fingerprint density at radius 3 is 2.14 bits per heavy atom. The number of imide groups is 1. The Bertz CT molecular complexity index is 2530. The smallest absolute Gasteiger partial charge is 0.419 e. The van der Waals surface area contributed by atoms with E-state index in [1.807, 2.05) is 36.4 Å². The molecule has 4 bridgehead atoms. The third-order valence-corrected chi connectivity index (χ3v) is 13.0. The first kappa shape index (κ1) is 53.2. The topological polar surface area (TPSA) is 207 Å². The van der Waals surface area contributed by atoms with Gasteiger partial charge in [-0.1, -0.05) is 86.4 Å². The summed E-state index contributed by atoms with van der Waals surface area (Å²) in [6.45, 7) is 12.8. The molecule has 5 amide bonds. The van der Waals surface area contributed by atoms with E-state index in [2.05, 4.69) is 30.3 Å². The molecule has 2 heterocycles. The number of cyclic esters (lactones) is 1. The molecule has 0 radical (unpaired) electrons. The summed E-state index contributed by atoms with van der Waals surface area (Å²) in [6, 6.07) is 23.8. The fourth-order valence-electron chi connectivity index (χ4n) is 7.51. The van der Waals surface area contributed by atoms with E-state index < -0.39 is 74.0 Å². The Hall–Kier alpha value is -7.12. The van der Waals surface area contributed by atoms with E-state index in [-0.39, 0.29) is 56.6 Å². The number of carbonyl (C=O) groups excluding carboxylic acids is 6. The average Bonchev–Trinajstić information content (AvgIpc) is 3.71. The molecular formula is C52H64N4O14Si. The highest BCUT2D eigenvalue weighted by Gasteiger charge is 2.40. The van der Waals surface area contributed by atoms with Crippen molar-refractivity contribution in [2.24, 2.45) is 0 Å². The van der Waals surface area contributed by atoms with Crippen molar-refractivity contribution in [2.45, 2.75) is 103 Å². The van der Waals surface area contributed by atoms with E-state index in [1.54, 1.807) is 69.3 Å². The quantitative estimate of drug-likeness (QED) is 0.0362. The van der Waals surface area contributed by atoms with Crippen molar-refractivity contribution in [3.63, 3.8) is 0 Å². The minimum atomic E-state index is -1.52. The number of esters is 1. The molecule has 0 spiro atoms. The van der Waals surface area contributed by atoms with E-state index >= 15 is 0 Å². The van der Waals surface area contributed by atoms with Gasteiger partial charge in [-0.15, -0.1) is 0 Å². The maximum atomic E-state index is 14.8. The third kappa shape index (κ3) is 14.9. The average molecular weight is 997 g/mol. The molecule has 4 aromatic carbocycles. The number of hydrogen-bond donors (Lipinski definition) is 2. The molecule has 2 N–H and O–H groups in total. The van der Waals surface area contributed by atoms with E-state index in [0.717, 1.165) is 21.4 Å². The van der Waals surface area contributed by atoms with Gasteiger partial charge in [-0.05, 0) is 80.3 Å². The van der Waals surface area contributed by atoms with Gasteiger partial charge in [0.05, 0.1) is 13.7 Å². The lowest BCUT2D eigenvalue weighted by Gasteiger charge is -2.30.